The SMILES string of the molecule is Cc1ccc(OCC2CCC2)c(C2(N=C=O)CCCC2)c1. The Morgan fingerprint density at radius 2 is 2.05 bits per heavy atom. The fraction of sp³-hybridized carbons (Fsp3) is 0.611. The smallest absolute Gasteiger partial charge is 0.235 e. The molecule has 0 amide bonds. The molecule has 0 bridgehead atoms. The molecule has 3 heteroatoms. The van der Waals surface area contributed by atoms with Crippen LogP contribution in [0, 0.1) is 12.8 Å². The van der Waals surface area contributed by atoms with E-state index >= 15 is 0 Å². The second-order valence-corrected chi connectivity index (χ2v) is 6.55. The highest BCUT2D eigenvalue weighted by Gasteiger charge is 2.38. The molecule has 1 aromatic rings. The average Bonchev–Trinajstić information content (AvgIpc) is 2.88. The first kappa shape index (κ1) is 14.3. The second kappa shape index (κ2) is 6.03. The average molecular weight is 285 g/mol. The van der Waals surface area contributed by atoms with E-state index in [4.69, 9.17) is 4.74 Å². The minimum Gasteiger partial charge on any atom is -0.493 e. The number of nitrogens with zero attached hydrogens (tertiary/aromatic N) is 1. The van der Waals surface area contributed by atoms with Crippen LogP contribution in [0.2, 0.25) is 0 Å². The number of ether oxygens (including phenoxy) is 1. The third-order valence-electron chi connectivity index (χ3n) is 5.03. The van der Waals surface area contributed by atoms with Crippen molar-refractivity contribution >= 4 is 6.08 Å². The summed E-state index contributed by atoms with van der Waals surface area (Å²) in [5, 5.41) is 0. The Morgan fingerprint density at radius 3 is 2.67 bits per heavy atom. The largest absolute Gasteiger partial charge is 0.493 e. The van der Waals surface area contributed by atoms with Crippen LogP contribution in [0.4, 0.5) is 0 Å². The maximum Gasteiger partial charge on any atom is 0.235 e. The minimum atomic E-state index is -0.400. The lowest BCUT2D eigenvalue weighted by atomic mass is 9.85. The van der Waals surface area contributed by atoms with Crippen molar-refractivity contribution in [1.29, 1.82) is 0 Å². The lowest BCUT2D eigenvalue weighted by Gasteiger charge is -2.29. The van der Waals surface area contributed by atoms with Crippen molar-refractivity contribution in [3.63, 3.8) is 0 Å². The molecule has 0 spiro atoms. The van der Waals surface area contributed by atoms with E-state index in [9.17, 15) is 4.79 Å². The predicted molar refractivity (Wildman–Crippen MR) is 82.3 cm³/mol. The van der Waals surface area contributed by atoms with Gasteiger partial charge in [0.2, 0.25) is 6.08 Å². The van der Waals surface area contributed by atoms with Gasteiger partial charge < -0.3 is 4.74 Å². The number of isocyanates is 1. The summed E-state index contributed by atoms with van der Waals surface area (Å²) in [7, 11) is 0. The van der Waals surface area contributed by atoms with Crippen LogP contribution in [-0.2, 0) is 10.3 Å². The van der Waals surface area contributed by atoms with E-state index in [1.807, 2.05) is 6.07 Å². The molecule has 3 nitrogen and oxygen atoms in total. The van der Waals surface area contributed by atoms with Crippen molar-refractivity contribution in [3.05, 3.63) is 29.3 Å². The monoisotopic (exact) mass is 285 g/mol. The molecular weight excluding hydrogens is 262 g/mol. The van der Waals surface area contributed by atoms with Crippen LogP contribution in [0.3, 0.4) is 0 Å². The van der Waals surface area contributed by atoms with Crippen LogP contribution >= 0.6 is 0 Å². The molecule has 0 saturated heterocycles. The van der Waals surface area contributed by atoms with E-state index in [-0.39, 0.29) is 0 Å². The molecule has 3 rings (SSSR count). The maximum atomic E-state index is 10.9. The van der Waals surface area contributed by atoms with Crippen molar-refractivity contribution in [2.75, 3.05) is 6.61 Å². The molecule has 0 unspecified atom stereocenters. The number of carbonyl (C=O) groups excluding carboxylic acids is 1. The van der Waals surface area contributed by atoms with Gasteiger partial charge in [0.05, 0.1) is 6.61 Å². The van der Waals surface area contributed by atoms with Crippen LogP contribution in [0.1, 0.15) is 56.1 Å². The van der Waals surface area contributed by atoms with Gasteiger partial charge in [-0.15, -0.1) is 0 Å². The van der Waals surface area contributed by atoms with Gasteiger partial charge >= 0.3 is 0 Å². The summed E-state index contributed by atoms with van der Waals surface area (Å²) in [5.74, 6) is 1.61. The zero-order chi connectivity index (χ0) is 14.7. The first-order chi connectivity index (χ1) is 10.2. The fourth-order valence-electron chi connectivity index (χ4n) is 3.49. The third-order valence-corrected chi connectivity index (χ3v) is 5.03. The zero-order valence-electron chi connectivity index (χ0n) is 12.7. The van der Waals surface area contributed by atoms with Gasteiger partial charge in [0.1, 0.15) is 11.3 Å². The van der Waals surface area contributed by atoms with E-state index in [1.54, 1.807) is 6.08 Å². The molecule has 21 heavy (non-hydrogen) atoms. The van der Waals surface area contributed by atoms with E-state index in [2.05, 4.69) is 24.0 Å². The van der Waals surface area contributed by atoms with Gasteiger partial charge in [-0.25, -0.2) is 4.79 Å². The molecule has 0 heterocycles. The number of aryl methyl sites for hydroxylation is 1. The van der Waals surface area contributed by atoms with Gasteiger partial charge in [-0.05, 0) is 50.7 Å². The van der Waals surface area contributed by atoms with Gasteiger partial charge in [-0.2, -0.15) is 4.99 Å². The summed E-state index contributed by atoms with van der Waals surface area (Å²) in [6, 6.07) is 6.26. The molecule has 2 aliphatic rings. The van der Waals surface area contributed by atoms with Gasteiger partial charge in [0.25, 0.3) is 0 Å². The van der Waals surface area contributed by atoms with Crippen molar-refractivity contribution < 1.29 is 9.53 Å². The van der Waals surface area contributed by atoms with Gasteiger partial charge in [0, 0.05) is 5.56 Å². The molecular formula is C18H23NO2. The Hall–Kier alpha value is -1.60. The maximum absolute atomic E-state index is 10.9. The number of aliphatic imine (C=N–C) groups is 1. The molecule has 0 aromatic heterocycles. The van der Waals surface area contributed by atoms with Crippen molar-refractivity contribution in [2.45, 2.75) is 57.4 Å². The molecule has 0 N–H and O–H groups in total. The summed E-state index contributed by atoms with van der Waals surface area (Å²) in [6.45, 7) is 2.86. The summed E-state index contributed by atoms with van der Waals surface area (Å²) >= 11 is 0. The highest BCUT2D eigenvalue weighted by Crippen LogP contribution is 2.46. The van der Waals surface area contributed by atoms with Crippen LogP contribution in [0.25, 0.3) is 0 Å². The Bertz CT molecular complexity index is 550. The lowest BCUT2D eigenvalue weighted by Crippen LogP contribution is -2.23. The normalized spacial score (nSPS) is 20.6. The van der Waals surface area contributed by atoms with E-state index < -0.39 is 5.54 Å². The number of rotatable bonds is 5. The Labute approximate surface area is 126 Å². The highest BCUT2D eigenvalue weighted by molar-refractivity contribution is 5.46. The Kier molecular flexibility index (Phi) is 4.12. The highest BCUT2D eigenvalue weighted by atomic mass is 16.5. The van der Waals surface area contributed by atoms with Crippen LogP contribution in [-0.4, -0.2) is 12.7 Å². The molecule has 2 aliphatic carbocycles. The van der Waals surface area contributed by atoms with Gasteiger partial charge in [0.15, 0.2) is 0 Å². The molecule has 0 atom stereocenters. The van der Waals surface area contributed by atoms with Crippen LogP contribution < -0.4 is 4.74 Å². The molecule has 112 valence electrons. The van der Waals surface area contributed by atoms with Crippen LogP contribution in [0.15, 0.2) is 23.2 Å². The molecule has 0 radical (unpaired) electrons. The first-order valence-corrected chi connectivity index (χ1v) is 8.06. The van der Waals surface area contributed by atoms with E-state index in [1.165, 1.54) is 24.8 Å². The number of hydrogen-bond acceptors (Lipinski definition) is 3. The third kappa shape index (κ3) is 2.89. The molecule has 2 fully saturated rings. The van der Waals surface area contributed by atoms with Crippen molar-refractivity contribution in [3.8, 4) is 5.75 Å². The molecule has 1 aromatic carbocycles. The molecule has 0 aliphatic heterocycles. The predicted octanol–water partition coefficient (Wildman–Crippen LogP) is 4.28. The standard InChI is InChI=1S/C18H23NO2/c1-14-7-8-17(21-12-15-5-4-6-15)16(11-14)18(19-13-20)9-2-3-10-18/h7-8,11,15H,2-6,9-10,12H2,1H3. The van der Waals surface area contributed by atoms with Crippen molar-refractivity contribution in [1.82, 2.24) is 0 Å². The lowest BCUT2D eigenvalue weighted by molar-refractivity contribution is 0.177. The van der Waals surface area contributed by atoms with Crippen molar-refractivity contribution in [2.24, 2.45) is 10.9 Å². The van der Waals surface area contributed by atoms with Gasteiger partial charge in [-0.1, -0.05) is 30.9 Å². The van der Waals surface area contributed by atoms with Crippen LogP contribution in [0.5, 0.6) is 5.75 Å². The van der Waals surface area contributed by atoms with E-state index in [0.717, 1.165) is 43.6 Å². The molecule has 2 saturated carbocycles. The summed E-state index contributed by atoms with van der Waals surface area (Å²) in [5.41, 5.74) is 1.87. The Balaban J connectivity index is 1.90. The van der Waals surface area contributed by atoms with Gasteiger partial charge in [-0.3, -0.25) is 0 Å². The zero-order valence-corrected chi connectivity index (χ0v) is 12.7. The second-order valence-electron chi connectivity index (χ2n) is 6.55. The number of hydrogen-bond donors (Lipinski definition) is 0. The minimum absolute atomic E-state index is 0.400. The first-order valence-electron chi connectivity index (χ1n) is 8.06. The van der Waals surface area contributed by atoms with E-state index in [0.29, 0.717) is 5.92 Å². The topological polar surface area (TPSA) is 38.7 Å². The fourth-order valence-corrected chi connectivity index (χ4v) is 3.49. The summed E-state index contributed by atoms with van der Waals surface area (Å²) in [6.07, 6.45) is 9.75. The number of benzene rings is 1. The summed E-state index contributed by atoms with van der Waals surface area (Å²) in [4.78, 5) is 15.1. The quantitative estimate of drug-likeness (QED) is 0.598. The Morgan fingerprint density at radius 1 is 1.29 bits per heavy atom. The summed E-state index contributed by atoms with van der Waals surface area (Å²) < 4.78 is 6.09.